The number of ether oxygens (including phenoxy) is 3. The van der Waals surface area contributed by atoms with Crippen LogP contribution < -0.4 is 5.32 Å². The lowest BCUT2D eigenvalue weighted by atomic mass is 9.83. The number of nitrogens with one attached hydrogen (secondary N) is 1. The molecule has 0 aromatic rings. The fourth-order valence-electron chi connectivity index (χ4n) is 3.32. The second-order valence-corrected chi connectivity index (χ2v) is 6.13. The molecule has 6 heteroatoms. The number of methoxy groups -OCH3 is 1. The lowest BCUT2D eigenvalue weighted by molar-refractivity contribution is -0.145. The number of carbonyl (C=O) groups excluding carboxylic acids is 2. The molecule has 21 heavy (non-hydrogen) atoms. The van der Waals surface area contributed by atoms with Gasteiger partial charge in [0.25, 0.3) is 0 Å². The van der Waals surface area contributed by atoms with Gasteiger partial charge in [-0.3, -0.25) is 0 Å². The molecule has 4 unspecified atom stereocenters. The Balaban J connectivity index is 1.71. The molecule has 0 radical (unpaired) electrons. The van der Waals surface area contributed by atoms with E-state index >= 15 is 0 Å². The number of amides is 1. The molecule has 1 N–H and O–H groups in total. The Hall–Kier alpha value is -1.72. The van der Waals surface area contributed by atoms with E-state index in [9.17, 15) is 9.59 Å². The molecule has 0 spiro atoms. The maximum absolute atomic E-state index is 11.8. The predicted molar refractivity (Wildman–Crippen MR) is 73.0 cm³/mol. The SMILES string of the molecule is COC(=O)C1=COC(OC(=O)NC2CC2)C2C(C)CCC12. The Morgan fingerprint density at radius 2 is 2.05 bits per heavy atom. The number of hydrogen-bond donors (Lipinski definition) is 1. The van der Waals surface area contributed by atoms with Gasteiger partial charge in [0.1, 0.15) is 0 Å². The first-order valence-electron chi connectivity index (χ1n) is 7.51. The van der Waals surface area contributed by atoms with Crippen LogP contribution >= 0.6 is 0 Å². The summed E-state index contributed by atoms with van der Waals surface area (Å²) in [6.07, 6.45) is 4.23. The maximum Gasteiger partial charge on any atom is 0.410 e. The van der Waals surface area contributed by atoms with Crippen molar-refractivity contribution in [1.82, 2.24) is 5.32 Å². The summed E-state index contributed by atoms with van der Waals surface area (Å²) in [6.45, 7) is 2.10. The van der Waals surface area contributed by atoms with Crippen molar-refractivity contribution in [2.24, 2.45) is 17.8 Å². The van der Waals surface area contributed by atoms with Gasteiger partial charge in [-0.25, -0.2) is 9.59 Å². The highest BCUT2D eigenvalue weighted by molar-refractivity contribution is 5.89. The summed E-state index contributed by atoms with van der Waals surface area (Å²) in [5.41, 5.74) is 0.550. The van der Waals surface area contributed by atoms with Crippen LogP contribution in [0.3, 0.4) is 0 Å². The second-order valence-electron chi connectivity index (χ2n) is 6.13. The number of esters is 1. The van der Waals surface area contributed by atoms with E-state index in [2.05, 4.69) is 12.2 Å². The van der Waals surface area contributed by atoms with Crippen LogP contribution in [0.2, 0.25) is 0 Å². The molecular weight excluding hydrogens is 274 g/mol. The van der Waals surface area contributed by atoms with Crippen molar-refractivity contribution in [1.29, 1.82) is 0 Å². The van der Waals surface area contributed by atoms with E-state index in [-0.39, 0.29) is 23.8 Å². The molecule has 4 atom stereocenters. The molecule has 0 aromatic carbocycles. The van der Waals surface area contributed by atoms with Gasteiger partial charge in [0.15, 0.2) is 0 Å². The van der Waals surface area contributed by atoms with Crippen molar-refractivity contribution in [2.45, 2.75) is 44.9 Å². The molecule has 1 aliphatic heterocycles. The summed E-state index contributed by atoms with van der Waals surface area (Å²) in [5, 5.41) is 2.79. The van der Waals surface area contributed by atoms with Gasteiger partial charge in [-0.05, 0) is 31.6 Å². The lowest BCUT2D eigenvalue weighted by Gasteiger charge is -2.34. The Morgan fingerprint density at radius 3 is 2.71 bits per heavy atom. The van der Waals surface area contributed by atoms with Crippen LogP contribution in [0.4, 0.5) is 4.79 Å². The standard InChI is InChI=1S/C15H21NO5/c1-8-3-6-10-11(13(17)19-2)7-20-14(12(8)10)21-15(18)16-9-4-5-9/h7-10,12,14H,3-6H2,1-2H3,(H,16,18). The first-order valence-corrected chi connectivity index (χ1v) is 7.51. The van der Waals surface area contributed by atoms with E-state index in [1.807, 2.05) is 0 Å². The van der Waals surface area contributed by atoms with Gasteiger partial charge < -0.3 is 19.5 Å². The van der Waals surface area contributed by atoms with Crippen molar-refractivity contribution in [3.05, 3.63) is 11.8 Å². The highest BCUT2D eigenvalue weighted by Gasteiger charge is 2.48. The molecule has 2 aliphatic carbocycles. The molecule has 3 aliphatic rings. The van der Waals surface area contributed by atoms with Crippen LogP contribution in [0.15, 0.2) is 11.8 Å². The van der Waals surface area contributed by atoms with Crippen LogP contribution in [0.5, 0.6) is 0 Å². The van der Waals surface area contributed by atoms with Gasteiger partial charge in [-0.1, -0.05) is 6.92 Å². The third kappa shape index (κ3) is 2.84. The first kappa shape index (κ1) is 14.2. The third-order valence-corrected chi connectivity index (χ3v) is 4.64. The number of alkyl carbamates (subject to hydrolysis) is 1. The largest absolute Gasteiger partial charge is 0.466 e. The molecule has 1 heterocycles. The van der Waals surface area contributed by atoms with Crippen molar-refractivity contribution < 1.29 is 23.8 Å². The van der Waals surface area contributed by atoms with E-state index in [0.29, 0.717) is 11.5 Å². The average molecular weight is 295 g/mol. The zero-order valence-corrected chi connectivity index (χ0v) is 12.3. The smallest absolute Gasteiger partial charge is 0.410 e. The maximum atomic E-state index is 11.8. The van der Waals surface area contributed by atoms with Crippen LogP contribution in [-0.2, 0) is 19.0 Å². The Labute approximate surface area is 123 Å². The van der Waals surface area contributed by atoms with Crippen LogP contribution in [-0.4, -0.2) is 31.5 Å². The quantitative estimate of drug-likeness (QED) is 0.806. The number of hydrogen-bond acceptors (Lipinski definition) is 5. The summed E-state index contributed by atoms with van der Waals surface area (Å²) >= 11 is 0. The minimum Gasteiger partial charge on any atom is -0.466 e. The Kier molecular flexibility index (Phi) is 3.78. The van der Waals surface area contributed by atoms with Crippen LogP contribution in [0.1, 0.15) is 32.6 Å². The van der Waals surface area contributed by atoms with Crippen molar-refractivity contribution in [2.75, 3.05) is 7.11 Å². The predicted octanol–water partition coefficient (Wildman–Crippen LogP) is 1.95. The average Bonchev–Trinajstić information content (AvgIpc) is 3.19. The zero-order chi connectivity index (χ0) is 15.0. The number of fused-ring (bicyclic) bond motifs is 1. The first-order chi connectivity index (χ1) is 10.1. The number of rotatable bonds is 3. The van der Waals surface area contributed by atoms with Crippen LogP contribution in [0, 0.1) is 17.8 Å². The molecule has 1 amide bonds. The lowest BCUT2D eigenvalue weighted by Crippen LogP contribution is -2.41. The summed E-state index contributed by atoms with van der Waals surface area (Å²) in [5.74, 6) is 0.0241. The third-order valence-electron chi connectivity index (χ3n) is 4.64. The second kappa shape index (κ2) is 5.58. The van der Waals surface area contributed by atoms with E-state index in [1.54, 1.807) is 0 Å². The summed E-state index contributed by atoms with van der Waals surface area (Å²) in [7, 11) is 1.36. The van der Waals surface area contributed by atoms with Gasteiger partial charge in [0.2, 0.25) is 6.29 Å². The molecule has 0 bridgehead atoms. The van der Waals surface area contributed by atoms with Crippen molar-refractivity contribution >= 4 is 12.1 Å². The fraction of sp³-hybridized carbons (Fsp3) is 0.733. The Bertz CT molecular complexity index is 471. The van der Waals surface area contributed by atoms with Gasteiger partial charge in [-0.15, -0.1) is 0 Å². The van der Waals surface area contributed by atoms with E-state index in [4.69, 9.17) is 14.2 Å². The van der Waals surface area contributed by atoms with E-state index in [1.165, 1.54) is 13.4 Å². The van der Waals surface area contributed by atoms with Crippen LogP contribution in [0.25, 0.3) is 0 Å². The van der Waals surface area contributed by atoms with Gasteiger partial charge >= 0.3 is 12.1 Å². The summed E-state index contributed by atoms with van der Waals surface area (Å²) in [4.78, 5) is 23.6. The molecule has 2 fully saturated rings. The minimum atomic E-state index is -0.625. The molecule has 2 saturated carbocycles. The topological polar surface area (TPSA) is 73.9 Å². The number of carbonyl (C=O) groups is 2. The fourth-order valence-corrected chi connectivity index (χ4v) is 3.32. The highest BCUT2D eigenvalue weighted by atomic mass is 16.7. The summed E-state index contributed by atoms with van der Waals surface area (Å²) < 4.78 is 15.7. The van der Waals surface area contributed by atoms with E-state index < -0.39 is 12.4 Å². The molecule has 3 rings (SSSR count). The normalized spacial score (nSPS) is 34.3. The van der Waals surface area contributed by atoms with Gasteiger partial charge in [-0.2, -0.15) is 0 Å². The molecular formula is C15H21NO5. The minimum absolute atomic E-state index is 0.00838. The molecule has 6 nitrogen and oxygen atoms in total. The van der Waals surface area contributed by atoms with E-state index in [0.717, 1.165) is 25.7 Å². The Morgan fingerprint density at radius 1 is 1.29 bits per heavy atom. The van der Waals surface area contributed by atoms with Gasteiger partial charge in [0.05, 0.1) is 18.9 Å². The van der Waals surface area contributed by atoms with Crippen molar-refractivity contribution in [3.63, 3.8) is 0 Å². The zero-order valence-electron chi connectivity index (χ0n) is 12.3. The monoisotopic (exact) mass is 295 g/mol. The highest BCUT2D eigenvalue weighted by Crippen LogP contribution is 2.46. The van der Waals surface area contributed by atoms with Gasteiger partial charge in [0, 0.05) is 17.9 Å². The van der Waals surface area contributed by atoms with Crippen molar-refractivity contribution in [3.8, 4) is 0 Å². The summed E-state index contributed by atoms with van der Waals surface area (Å²) in [6, 6.07) is 0.249. The molecule has 0 saturated heterocycles. The molecule has 0 aromatic heterocycles. The molecule has 116 valence electrons.